The molecule has 1 aromatic carbocycles. The summed E-state index contributed by atoms with van der Waals surface area (Å²) in [5, 5.41) is 14.9. The Bertz CT molecular complexity index is 950. The van der Waals surface area contributed by atoms with E-state index in [0.29, 0.717) is 18.5 Å². The molecule has 1 heterocycles. The molecule has 8 heteroatoms. The maximum absolute atomic E-state index is 14.8. The van der Waals surface area contributed by atoms with Gasteiger partial charge in [0.1, 0.15) is 11.4 Å². The molecular formula is C18H20FN3O4. The van der Waals surface area contributed by atoms with Crippen molar-refractivity contribution in [2.24, 2.45) is 0 Å². The van der Waals surface area contributed by atoms with Crippen molar-refractivity contribution >= 4 is 29.0 Å². The van der Waals surface area contributed by atoms with E-state index in [-0.39, 0.29) is 34.3 Å². The number of nitrogens with zero attached hydrogens (tertiary/aromatic N) is 1. The highest BCUT2D eigenvalue weighted by molar-refractivity contribution is 5.95. The van der Waals surface area contributed by atoms with Gasteiger partial charge in [0.25, 0.3) is 0 Å². The number of rotatable bonds is 7. The first-order chi connectivity index (χ1) is 12.3. The lowest BCUT2D eigenvalue weighted by molar-refractivity contribution is -0.110. The molecule has 1 saturated carbocycles. The van der Waals surface area contributed by atoms with Gasteiger partial charge in [0.15, 0.2) is 0 Å². The number of carboxylic acids is 1. The standard InChI is InChI=1S/C18H20FN3O4/c1-9(21-8-23)6-20-13-5-14-15(10(2)16(13)19)17(24)12(18(25)26)7-22(14)11-3-4-11/h5,7-9,11,20H,3-4,6H2,1-2H3,(H,21,23)(H,25,26). The smallest absolute Gasteiger partial charge is 0.341 e. The fourth-order valence-electron chi connectivity index (χ4n) is 3.04. The molecule has 2 aromatic rings. The quantitative estimate of drug-likeness (QED) is 0.655. The first kappa shape index (κ1) is 17.9. The highest BCUT2D eigenvalue weighted by atomic mass is 19.1. The number of hydrogen-bond acceptors (Lipinski definition) is 4. The molecule has 138 valence electrons. The van der Waals surface area contributed by atoms with Crippen molar-refractivity contribution < 1.29 is 19.1 Å². The monoisotopic (exact) mass is 361 g/mol. The molecule has 7 nitrogen and oxygen atoms in total. The van der Waals surface area contributed by atoms with Gasteiger partial charge in [-0.25, -0.2) is 9.18 Å². The molecule has 0 spiro atoms. The van der Waals surface area contributed by atoms with Gasteiger partial charge < -0.3 is 20.3 Å². The Morgan fingerprint density at radius 2 is 2.19 bits per heavy atom. The van der Waals surface area contributed by atoms with Gasteiger partial charge in [0, 0.05) is 30.4 Å². The number of hydrogen-bond donors (Lipinski definition) is 3. The second-order valence-electron chi connectivity index (χ2n) is 6.64. The fourth-order valence-corrected chi connectivity index (χ4v) is 3.04. The van der Waals surface area contributed by atoms with E-state index in [9.17, 15) is 23.9 Å². The zero-order valence-electron chi connectivity index (χ0n) is 14.5. The maximum Gasteiger partial charge on any atom is 0.341 e. The summed E-state index contributed by atoms with van der Waals surface area (Å²) in [6.07, 6.45) is 3.70. The number of carbonyl (C=O) groups excluding carboxylic acids is 1. The van der Waals surface area contributed by atoms with Crippen LogP contribution in [0.5, 0.6) is 0 Å². The van der Waals surface area contributed by atoms with E-state index >= 15 is 0 Å². The summed E-state index contributed by atoms with van der Waals surface area (Å²) < 4.78 is 16.5. The van der Waals surface area contributed by atoms with Crippen molar-refractivity contribution in [3.8, 4) is 0 Å². The predicted molar refractivity (Wildman–Crippen MR) is 95.3 cm³/mol. The molecule has 0 bridgehead atoms. The number of halogens is 1. The molecule has 1 unspecified atom stereocenters. The van der Waals surface area contributed by atoms with E-state index in [1.165, 1.54) is 19.2 Å². The zero-order chi connectivity index (χ0) is 19.0. The molecule has 0 aliphatic heterocycles. The Morgan fingerprint density at radius 1 is 1.50 bits per heavy atom. The van der Waals surface area contributed by atoms with Crippen LogP contribution in [0.2, 0.25) is 0 Å². The molecule has 1 aromatic heterocycles. The third kappa shape index (κ3) is 3.14. The first-order valence-electron chi connectivity index (χ1n) is 8.40. The van der Waals surface area contributed by atoms with Gasteiger partial charge in [-0.2, -0.15) is 0 Å². The van der Waals surface area contributed by atoms with Crippen LogP contribution in [0.3, 0.4) is 0 Å². The van der Waals surface area contributed by atoms with E-state index in [0.717, 1.165) is 12.8 Å². The lowest BCUT2D eigenvalue weighted by Crippen LogP contribution is -2.31. The third-order valence-electron chi connectivity index (χ3n) is 4.62. The molecule has 0 saturated heterocycles. The SMILES string of the molecule is Cc1c(F)c(NCC(C)NC=O)cc2c1c(=O)c(C(=O)O)cn2C1CC1. The highest BCUT2D eigenvalue weighted by Gasteiger charge is 2.28. The van der Waals surface area contributed by atoms with E-state index in [1.807, 2.05) is 0 Å². The molecule has 1 amide bonds. The molecule has 1 aliphatic carbocycles. The van der Waals surface area contributed by atoms with Crippen molar-refractivity contribution in [2.45, 2.75) is 38.8 Å². The van der Waals surface area contributed by atoms with Crippen LogP contribution in [0, 0.1) is 12.7 Å². The topological polar surface area (TPSA) is 100 Å². The third-order valence-corrected chi connectivity index (χ3v) is 4.62. The van der Waals surface area contributed by atoms with E-state index in [1.54, 1.807) is 11.5 Å². The number of amides is 1. The van der Waals surface area contributed by atoms with Gasteiger partial charge >= 0.3 is 5.97 Å². The summed E-state index contributed by atoms with van der Waals surface area (Å²) in [5.41, 5.74) is -0.186. The first-order valence-corrected chi connectivity index (χ1v) is 8.40. The molecule has 0 radical (unpaired) electrons. The van der Waals surface area contributed by atoms with Crippen molar-refractivity contribution in [1.29, 1.82) is 0 Å². The summed E-state index contributed by atoms with van der Waals surface area (Å²) in [6.45, 7) is 3.55. The van der Waals surface area contributed by atoms with Gasteiger partial charge in [0.2, 0.25) is 11.8 Å². The Labute approximate surface area is 148 Å². The number of nitrogens with one attached hydrogen (secondary N) is 2. The molecular weight excluding hydrogens is 341 g/mol. The number of aromatic carboxylic acids is 1. The van der Waals surface area contributed by atoms with Crippen molar-refractivity contribution in [3.63, 3.8) is 0 Å². The zero-order valence-corrected chi connectivity index (χ0v) is 14.5. The van der Waals surface area contributed by atoms with Crippen LogP contribution in [-0.4, -0.2) is 34.6 Å². The van der Waals surface area contributed by atoms with Crippen LogP contribution in [0.4, 0.5) is 10.1 Å². The summed E-state index contributed by atoms with van der Waals surface area (Å²) in [5.74, 6) is -1.92. The van der Waals surface area contributed by atoms with Gasteiger partial charge in [-0.05, 0) is 32.8 Å². The normalized spacial score (nSPS) is 14.9. The second kappa shape index (κ2) is 6.78. The van der Waals surface area contributed by atoms with Crippen LogP contribution in [0.15, 0.2) is 17.1 Å². The van der Waals surface area contributed by atoms with Gasteiger partial charge in [-0.3, -0.25) is 9.59 Å². The van der Waals surface area contributed by atoms with Gasteiger partial charge in [-0.15, -0.1) is 0 Å². The minimum Gasteiger partial charge on any atom is -0.477 e. The molecule has 1 atom stereocenters. The van der Waals surface area contributed by atoms with Crippen LogP contribution in [0.1, 0.15) is 41.7 Å². The van der Waals surface area contributed by atoms with Crippen LogP contribution >= 0.6 is 0 Å². The predicted octanol–water partition coefficient (Wildman–Crippen LogP) is 2.03. The molecule has 3 rings (SSSR count). The number of anilines is 1. The second-order valence-corrected chi connectivity index (χ2v) is 6.64. The van der Waals surface area contributed by atoms with E-state index < -0.39 is 17.2 Å². The Kier molecular flexibility index (Phi) is 4.67. The lowest BCUT2D eigenvalue weighted by Gasteiger charge is -2.18. The number of carboxylic acid groups (broad SMARTS) is 1. The number of benzene rings is 1. The molecule has 1 aliphatic rings. The Morgan fingerprint density at radius 3 is 2.77 bits per heavy atom. The summed E-state index contributed by atoms with van der Waals surface area (Å²) in [6, 6.07) is 1.45. The largest absolute Gasteiger partial charge is 0.477 e. The maximum atomic E-state index is 14.8. The average Bonchev–Trinajstić information content (AvgIpc) is 3.41. The number of fused-ring (bicyclic) bond motifs is 1. The fraction of sp³-hybridized carbons (Fsp3) is 0.389. The molecule has 3 N–H and O–H groups in total. The Balaban J connectivity index is 2.16. The van der Waals surface area contributed by atoms with Crippen molar-refractivity contribution in [2.75, 3.05) is 11.9 Å². The van der Waals surface area contributed by atoms with Crippen molar-refractivity contribution in [1.82, 2.24) is 9.88 Å². The van der Waals surface area contributed by atoms with Gasteiger partial charge in [-0.1, -0.05) is 0 Å². The number of carbonyl (C=O) groups is 2. The van der Waals surface area contributed by atoms with E-state index in [2.05, 4.69) is 10.6 Å². The molecule has 1 fully saturated rings. The van der Waals surface area contributed by atoms with Crippen LogP contribution in [0.25, 0.3) is 10.9 Å². The van der Waals surface area contributed by atoms with E-state index in [4.69, 9.17) is 0 Å². The lowest BCUT2D eigenvalue weighted by atomic mass is 10.0. The number of aryl methyl sites for hydroxylation is 1. The minimum atomic E-state index is -1.32. The summed E-state index contributed by atoms with van der Waals surface area (Å²) >= 11 is 0. The highest BCUT2D eigenvalue weighted by Crippen LogP contribution is 2.38. The van der Waals surface area contributed by atoms with Crippen LogP contribution in [-0.2, 0) is 4.79 Å². The van der Waals surface area contributed by atoms with Gasteiger partial charge in [0.05, 0.1) is 16.6 Å². The summed E-state index contributed by atoms with van der Waals surface area (Å²) in [7, 11) is 0. The molecule has 26 heavy (non-hydrogen) atoms. The minimum absolute atomic E-state index is 0.0962. The summed E-state index contributed by atoms with van der Waals surface area (Å²) in [4.78, 5) is 34.5. The van der Waals surface area contributed by atoms with Crippen molar-refractivity contribution in [3.05, 3.63) is 39.4 Å². The number of aromatic nitrogens is 1. The number of pyridine rings is 1. The Hall–Kier alpha value is -2.90. The average molecular weight is 361 g/mol. The van der Waals surface area contributed by atoms with Crippen LogP contribution < -0.4 is 16.1 Å².